The van der Waals surface area contributed by atoms with Gasteiger partial charge >= 0.3 is 17.6 Å². The number of hydrogen-bond acceptors (Lipinski definition) is 8. The van der Waals surface area contributed by atoms with Gasteiger partial charge in [0.15, 0.2) is 0 Å². The van der Waals surface area contributed by atoms with Crippen molar-refractivity contribution in [3.05, 3.63) is 91.0 Å². The van der Waals surface area contributed by atoms with Crippen molar-refractivity contribution in [3.8, 4) is 0 Å². The third kappa shape index (κ3) is 20.0. The normalized spacial score (nSPS) is 12.5. The highest BCUT2D eigenvalue weighted by atomic mass is 28.5. The number of hydrogen-bond donors (Lipinski definition) is 1. The fraction of sp³-hybridized carbons (Fsp3) is 0.600. The Hall–Kier alpha value is -2.06. The van der Waals surface area contributed by atoms with Crippen LogP contribution in [0, 0.1) is 0 Å². The highest BCUT2D eigenvalue weighted by Gasteiger charge is 2.53. The highest BCUT2D eigenvalue weighted by molar-refractivity contribution is 6.80. The maximum Gasteiger partial charge on any atom is 0.493 e. The monoisotopic (exact) mass is 886 g/mol. The van der Waals surface area contributed by atoms with Gasteiger partial charge in [-0.25, -0.2) is 0 Å². The molecule has 0 fully saturated rings. The molecule has 0 radical (unpaired) electrons. The zero-order valence-corrected chi connectivity index (χ0v) is 44.0. The number of nitrogens with one attached hydrogen (secondary N) is 1. The molecule has 3 aromatic carbocycles. The molecule has 0 aromatic heterocycles. The molecule has 0 aliphatic rings. The summed E-state index contributed by atoms with van der Waals surface area (Å²) in [6.45, 7) is 34.3. The lowest BCUT2D eigenvalue weighted by Crippen LogP contribution is -2.60. The van der Waals surface area contributed by atoms with E-state index in [0.717, 1.165) is 63.7 Å². The quantitative estimate of drug-likeness (QED) is 0.0724. The number of anilines is 3. The molecule has 0 unspecified atom stereocenters. The van der Waals surface area contributed by atoms with Crippen molar-refractivity contribution in [2.45, 2.75) is 137 Å². The fourth-order valence-electron chi connectivity index (χ4n) is 6.64. The van der Waals surface area contributed by atoms with Crippen molar-refractivity contribution in [2.75, 3.05) is 53.6 Å². The molecule has 8 nitrogen and oxygen atoms in total. The zero-order valence-electron chi connectivity index (χ0n) is 39.0. The molecular formula is C45H83N3O5Si5. The Labute approximate surface area is 361 Å². The summed E-state index contributed by atoms with van der Waals surface area (Å²) in [4.78, 5) is 3.52. The van der Waals surface area contributed by atoms with Gasteiger partial charge in [-0.1, -0.05) is 141 Å². The van der Waals surface area contributed by atoms with Gasteiger partial charge in [0.1, 0.15) is 24.7 Å². The second-order valence-electron chi connectivity index (χ2n) is 18.1. The summed E-state index contributed by atoms with van der Waals surface area (Å²) in [5.74, 6) is 0. The van der Waals surface area contributed by atoms with Crippen molar-refractivity contribution in [1.29, 1.82) is 0 Å². The largest absolute Gasteiger partial charge is 0.493 e. The van der Waals surface area contributed by atoms with E-state index in [1.165, 1.54) is 17.1 Å². The Morgan fingerprint density at radius 2 is 0.759 bits per heavy atom. The molecule has 0 saturated carbocycles. The van der Waals surface area contributed by atoms with Gasteiger partial charge in [-0.05, 0) is 74.9 Å². The fourth-order valence-corrected chi connectivity index (χ4v) is 18.8. The van der Waals surface area contributed by atoms with Crippen LogP contribution in [0.15, 0.2) is 91.0 Å². The molecule has 58 heavy (non-hydrogen) atoms. The van der Waals surface area contributed by atoms with Crippen LogP contribution in [0.25, 0.3) is 0 Å². The summed E-state index contributed by atoms with van der Waals surface area (Å²) in [6.07, 6.45) is 5.45. The van der Waals surface area contributed by atoms with Gasteiger partial charge in [-0.3, -0.25) is 0 Å². The van der Waals surface area contributed by atoms with Crippen molar-refractivity contribution >= 4 is 59.4 Å². The first kappa shape index (κ1) is 52.1. The van der Waals surface area contributed by atoms with Crippen molar-refractivity contribution in [2.24, 2.45) is 0 Å². The molecule has 1 N–H and O–H groups in total. The maximum atomic E-state index is 7.36. The average molecular weight is 887 g/mol. The van der Waals surface area contributed by atoms with E-state index in [2.05, 4.69) is 186 Å². The van der Waals surface area contributed by atoms with Crippen LogP contribution in [-0.2, 0) is 21.8 Å². The predicted octanol–water partition coefficient (Wildman–Crippen LogP) is 13.0. The lowest BCUT2D eigenvalue weighted by molar-refractivity contribution is 0.0401. The third-order valence-electron chi connectivity index (χ3n) is 9.19. The van der Waals surface area contributed by atoms with Crippen molar-refractivity contribution in [3.63, 3.8) is 0 Å². The topological polar surface area (TPSA) is 64.7 Å². The van der Waals surface area contributed by atoms with Gasteiger partial charge in [0, 0.05) is 68.7 Å². The molecule has 328 valence electrons. The lowest BCUT2D eigenvalue weighted by atomic mass is 10.3. The van der Waals surface area contributed by atoms with Crippen LogP contribution in [-0.4, -0.2) is 81.8 Å². The molecule has 3 aromatic rings. The zero-order chi connectivity index (χ0) is 43.1. The minimum absolute atomic E-state index is 0.607. The van der Waals surface area contributed by atoms with E-state index in [1.54, 1.807) is 0 Å². The Balaban J connectivity index is 0.000000904. The Kier molecular flexibility index (Phi) is 23.6. The van der Waals surface area contributed by atoms with Gasteiger partial charge in [-0.15, -0.1) is 0 Å². The molecule has 0 heterocycles. The third-order valence-corrected chi connectivity index (χ3v) is 21.4. The number of para-hydroxylation sites is 3. The second kappa shape index (κ2) is 26.3. The standard InChI is InChI=1S/C36H68N2O5Si4.C9H15NSi/c1-11-29-39-46(40-30-12-2,33-21-27-37(44(5,6)7)35-23-17-15-18-24-35)43-47(41-31-13-3,42-32-14-4)34-22-28-38(45(8,9)10)36-25-19-16-20-26-36;1-11(2,3)10-9-7-5-4-6-8-9/h15-20,23-26H,11-14,21-22,27-34H2,1-10H3;4-8,10H,1-3H3. The minimum atomic E-state index is -3.18. The molecular weight excluding hydrogens is 803 g/mol. The summed E-state index contributed by atoms with van der Waals surface area (Å²) < 4.78 is 39.7. The summed E-state index contributed by atoms with van der Waals surface area (Å²) >= 11 is 0. The Morgan fingerprint density at radius 1 is 0.448 bits per heavy atom. The van der Waals surface area contributed by atoms with E-state index < -0.39 is 42.3 Å². The molecule has 0 saturated heterocycles. The van der Waals surface area contributed by atoms with Crippen LogP contribution in [0.2, 0.25) is 71.0 Å². The predicted molar refractivity (Wildman–Crippen MR) is 264 cm³/mol. The van der Waals surface area contributed by atoms with E-state index >= 15 is 0 Å². The minimum Gasteiger partial charge on any atom is -0.411 e. The van der Waals surface area contributed by atoms with Gasteiger partial charge in [0.25, 0.3) is 0 Å². The van der Waals surface area contributed by atoms with Crippen molar-refractivity contribution in [1.82, 2.24) is 0 Å². The summed E-state index contributed by atoms with van der Waals surface area (Å²) in [6, 6.07) is 33.5. The van der Waals surface area contributed by atoms with Crippen LogP contribution in [0.1, 0.15) is 66.2 Å². The first-order valence-electron chi connectivity index (χ1n) is 22.2. The summed E-state index contributed by atoms with van der Waals surface area (Å²) in [5, 5.41) is 0. The SMILES string of the molecule is CCCO[Si](CCCN(c1ccccc1)[Si](C)(C)C)(OCCC)O[Si](CCCN(c1ccccc1)[Si](C)(C)C)(OCCC)OCCC.C[Si](C)(C)Nc1ccccc1. The van der Waals surface area contributed by atoms with E-state index in [0.29, 0.717) is 26.4 Å². The number of rotatable bonds is 28. The average Bonchev–Trinajstić information content (AvgIpc) is 3.17. The first-order chi connectivity index (χ1) is 27.4. The molecule has 0 atom stereocenters. The maximum absolute atomic E-state index is 7.36. The van der Waals surface area contributed by atoms with E-state index in [9.17, 15) is 0 Å². The Bertz CT molecular complexity index is 1370. The summed E-state index contributed by atoms with van der Waals surface area (Å²) in [7, 11) is -10.8. The molecule has 3 rings (SSSR count). The van der Waals surface area contributed by atoms with Crippen molar-refractivity contribution < 1.29 is 21.8 Å². The molecule has 0 aliphatic heterocycles. The van der Waals surface area contributed by atoms with Crippen LogP contribution in [0.3, 0.4) is 0 Å². The number of benzene rings is 3. The van der Waals surface area contributed by atoms with Gasteiger partial charge in [0.2, 0.25) is 0 Å². The van der Waals surface area contributed by atoms with Crippen LogP contribution >= 0.6 is 0 Å². The van der Waals surface area contributed by atoms with E-state index in [4.69, 9.17) is 21.8 Å². The van der Waals surface area contributed by atoms with E-state index in [1.807, 2.05) is 6.07 Å². The molecule has 0 aliphatic carbocycles. The highest BCUT2D eigenvalue weighted by Crippen LogP contribution is 2.32. The van der Waals surface area contributed by atoms with Crippen LogP contribution < -0.4 is 14.1 Å². The Morgan fingerprint density at radius 3 is 1.03 bits per heavy atom. The molecule has 13 heteroatoms. The summed E-state index contributed by atoms with van der Waals surface area (Å²) in [5.41, 5.74) is 3.82. The molecule has 0 spiro atoms. The van der Waals surface area contributed by atoms with Crippen LogP contribution in [0.4, 0.5) is 17.1 Å². The number of nitrogens with zero attached hydrogens (tertiary/aromatic N) is 2. The smallest absolute Gasteiger partial charge is 0.411 e. The van der Waals surface area contributed by atoms with Gasteiger partial charge in [-0.2, -0.15) is 0 Å². The van der Waals surface area contributed by atoms with E-state index in [-0.39, 0.29) is 0 Å². The lowest BCUT2D eigenvalue weighted by Gasteiger charge is -2.41. The molecule has 0 bridgehead atoms. The van der Waals surface area contributed by atoms with Gasteiger partial charge < -0.3 is 35.9 Å². The first-order valence-corrected chi connectivity index (χ1v) is 36.4. The van der Waals surface area contributed by atoms with Crippen LogP contribution in [0.5, 0.6) is 0 Å². The van der Waals surface area contributed by atoms with Gasteiger partial charge in [0.05, 0.1) is 0 Å². The second-order valence-corrected chi connectivity index (χ2v) is 38.3. The molecule has 0 amide bonds.